The van der Waals surface area contributed by atoms with Gasteiger partial charge in [0.25, 0.3) is 0 Å². The number of benzene rings is 1. The third-order valence-corrected chi connectivity index (χ3v) is 5.49. The van der Waals surface area contributed by atoms with Gasteiger partial charge >= 0.3 is 12.0 Å². The van der Waals surface area contributed by atoms with Gasteiger partial charge < -0.3 is 30.9 Å². The van der Waals surface area contributed by atoms with Crippen LogP contribution in [0.3, 0.4) is 0 Å². The molecule has 0 radical (unpaired) electrons. The number of carbonyl (C=O) groups excluding carboxylic acids is 4. The SMILES string of the molecule is CN[C@@H](C)C(=O)N1CC[C@H](NC(=O)Nc2cccc(F)c2)C[C@H]1C(=O)NCCCC(=O)OC. The molecule has 0 saturated carbocycles. The van der Waals surface area contributed by atoms with Crippen LogP contribution in [0.4, 0.5) is 14.9 Å². The Balaban J connectivity index is 2.00. The molecule has 4 amide bonds. The summed E-state index contributed by atoms with van der Waals surface area (Å²) < 4.78 is 17.9. The van der Waals surface area contributed by atoms with Crippen LogP contribution in [0.5, 0.6) is 0 Å². The van der Waals surface area contributed by atoms with Crippen molar-refractivity contribution in [3.8, 4) is 0 Å². The lowest BCUT2D eigenvalue weighted by atomic mass is 9.95. The van der Waals surface area contributed by atoms with E-state index in [1.165, 1.54) is 30.2 Å². The van der Waals surface area contributed by atoms with Gasteiger partial charge in [0.15, 0.2) is 0 Å². The van der Waals surface area contributed by atoms with E-state index in [9.17, 15) is 23.6 Å². The predicted molar refractivity (Wildman–Crippen MR) is 120 cm³/mol. The maximum absolute atomic E-state index is 13.3. The quantitative estimate of drug-likeness (QED) is 0.318. The van der Waals surface area contributed by atoms with Gasteiger partial charge in [-0.2, -0.15) is 0 Å². The third kappa shape index (κ3) is 8.01. The van der Waals surface area contributed by atoms with E-state index in [0.29, 0.717) is 18.5 Å². The van der Waals surface area contributed by atoms with Crippen LogP contribution in [-0.2, 0) is 19.1 Å². The highest BCUT2D eigenvalue weighted by Crippen LogP contribution is 2.20. The van der Waals surface area contributed by atoms with E-state index in [1.54, 1.807) is 20.0 Å². The number of hydrogen-bond donors (Lipinski definition) is 4. The van der Waals surface area contributed by atoms with Crippen LogP contribution in [0, 0.1) is 5.82 Å². The Morgan fingerprint density at radius 2 is 2.03 bits per heavy atom. The number of carbonyl (C=O) groups is 4. The summed E-state index contributed by atoms with van der Waals surface area (Å²) in [4.78, 5) is 50.8. The molecule has 1 saturated heterocycles. The Hall–Kier alpha value is -3.21. The number of rotatable bonds is 9. The Kier molecular flexibility index (Phi) is 10.0. The minimum Gasteiger partial charge on any atom is -0.469 e. The van der Waals surface area contributed by atoms with Gasteiger partial charge in [-0.25, -0.2) is 9.18 Å². The summed E-state index contributed by atoms with van der Waals surface area (Å²) in [6, 6.07) is 3.39. The van der Waals surface area contributed by atoms with Gasteiger partial charge in [-0.3, -0.25) is 14.4 Å². The van der Waals surface area contributed by atoms with E-state index < -0.39 is 23.9 Å². The lowest BCUT2D eigenvalue weighted by Gasteiger charge is -2.39. The second kappa shape index (κ2) is 12.7. The number of likely N-dealkylation sites (N-methyl/N-ethyl adjacent to an activating group) is 1. The van der Waals surface area contributed by atoms with E-state index in [2.05, 4.69) is 26.0 Å². The summed E-state index contributed by atoms with van der Waals surface area (Å²) in [7, 11) is 2.96. The summed E-state index contributed by atoms with van der Waals surface area (Å²) >= 11 is 0. The molecule has 33 heavy (non-hydrogen) atoms. The number of nitrogens with zero attached hydrogens (tertiary/aromatic N) is 1. The number of methoxy groups -OCH3 is 1. The minimum absolute atomic E-state index is 0.172. The van der Waals surface area contributed by atoms with Gasteiger partial charge in [0.2, 0.25) is 11.8 Å². The first-order valence-electron chi connectivity index (χ1n) is 10.9. The zero-order valence-electron chi connectivity index (χ0n) is 19.2. The molecule has 2 rings (SSSR count). The lowest BCUT2D eigenvalue weighted by Crippen LogP contribution is -2.60. The van der Waals surface area contributed by atoms with Crippen molar-refractivity contribution >= 4 is 29.5 Å². The van der Waals surface area contributed by atoms with Crippen molar-refractivity contribution in [3.63, 3.8) is 0 Å². The average Bonchev–Trinajstić information content (AvgIpc) is 2.80. The second-order valence-corrected chi connectivity index (χ2v) is 7.86. The molecule has 0 spiro atoms. The maximum Gasteiger partial charge on any atom is 0.319 e. The van der Waals surface area contributed by atoms with Crippen LogP contribution in [0.25, 0.3) is 0 Å². The van der Waals surface area contributed by atoms with Gasteiger partial charge in [-0.05, 0) is 51.4 Å². The molecule has 11 heteroatoms. The van der Waals surface area contributed by atoms with Crippen LogP contribution in [0.2, 0.25) is 0 Å². The van der Waals surface area contributed by atoms with Gasteiger partial charge in [-0.1, -0.05) is 6.07 Å². The Labute approximate surface area is 192 Å². The average molecular weight is 466 g/mol. The van der Waals surface area contributed by atoms with Crippen LogP contribution in [-0.4, -0.2) is 74.1 Å². The van der Waals surface area contributed by atoms with Crippen molar-refractivity contribution in [2.24, 2.45) is 0 Å². The molecular weight excluding hydrogens is 433 g/mol. The number of likely N-dealkylation sites (tertiary alicyclic amines) is 1. The number of amides is 4. The molecule has 1 aromatic carbocycles. The first-order valence-corrected chi connectivity index (χ1v) is 10.9. The van der Waals surface area contributed by atoms with Gasteiger partial charge in [0, 0.05) is 31.2 Å². The predicted octanol–water partition coefficient (Wildman–Crippen LogP) is 0.984. The van der Waals surface area contributed by atoms with Crippen molar-refractivity contribution in [2.75, 3.05) is 32.6 Å². The van der Waals surface area contributed by atoms with Gasteiger partial charge in [-0.15, -0.1) is 0 Å². The number of anilines is 1. The topological polar surface area (TPSA) is 129 Å². The number of hydrogen-bond acceptors (Lipinski definition) is 6. The van der Waals surface area contributed by atoms with Crippen molar-refractivity contribution in [3.05, 3.63) is 30.1 Å². The van der Waals surface area contributed by atoms with Gasteiger partial charge in [0.1, 0.15) is 11.9 Å². The van der Waals surface area contributed by atoms with Crippen LogP contribution in [0.15, 0.2) is 24.3 Å². The van der Waals surface area contributed by atoms with Crippen LogP contribution >= 0.6 is 0 Å². The standard InChI is InChI=1S/C22H32FN5O5/c1-14(24-2)21(31)28-11-9-17(27-22(32)26-16-7-4-6-15(23)12-16)13-18(28)20(30)25-10-5-8-19(29)33-3/h4,6-7,12,14,17-18,24H,5,8-11,13H2,1-3H3,(H,25,30)(H2,26,27,32)/t14-,17-,18-/m0/s1. The summed E-state index contributed by atoms with van der Waals surface area (Å²) in [5.41, 5.74) is 0.308. The molecule has 0 aromatic heterocycles. The first kappa shape index (κ1) is 26.0. The van der Waals surface area contributed by atoms with E-state index in [-0.39, 0.29) is 49.8 Å². The molecule has 10 nitrogen and oxygen atoms in total. The summed E-state index contributed by atoms with van der Waals surface area (Å²) in [6.07, 6.45) is 1.27. The van der Waals surface area contributed by atoms with Crippen molar-refractivity contribution < 1.29 is 28.3 Å². The second-order valence-electron chi connectivity index (χ2n) is 7.86. The van der Waals surface area contributed by atoms with E-state index in [1.807, 2.05) is 0 Å². The zero-order valence-corrected chi connectivity index (χ0v) is 19.2. The number of esters is 1. The van der Waals surface area contributed by atoms with Crippen LogP contribution < -0.4 is 21.3 Å². The third-order valence-electron chi connectivity index (χ3n) is 5.49. The molecule has 1 aliphatic rings. The minimum atomic E-state index is -0.778. The molecule has 4 N–H and O–H groups in total. The largest absolute Gasteiger partial charge is 0.469 e. The number of ether oxygens (including phenoxy) is 1. The molecule has 3 atom stereocenters. The normalized spacial score (nSPS) is 18.7. The molecular formula is C22H32FN5O5. The maximum atomic E-state index is 13.3. The number of piperidine rings is 1. The zero-order chi connectivity index (χ0) is 24.4. The smallest absolute Gasteiger partial charge is 0.319 e. The Bertz CT molecular complexity index is 852. The molecule has 0 aliphatic carbocycles. The monoisotopic (exact) mass is 465 g/mol. The number of halogens is 1. The molecule has 0 unspecified atom stereocenters. The lowest BCUT2D eigenvalue weighted by molar-refractivity contribution is -0.144. The van der Waals surface area contributed by atoms with Crippen molar-refractivity contribution in [1.82, 2.24) is 20.9 Å². The highest BCUT2D eigenvalue weighted by atomic mass is 19.1. The molecule has 0 bridgehead atoms. The summed E-state index contributed by atoms with van der Waals surface area (Å²) in [5, 5.41) is 11.0. The summed E-state index contributed by atoms with van der Waals surface area (Å²) in [5.74, 6) is -1.40. The fourth-order valence-corrected chi connectivity index (χ4v) is 3.56. The number of urea groups is 1. The Morgan fingerprint density at radius 1 is 1.27 bits per heavy atom. The molecule has 182 valence electrons. The highest BCUT2D eigenvalue weighted by molar-refractivity contribution is 5.91. The Morgan fingerprint density at radius 3 is 2.70 bits per heavy atom. The van der Waals surface area contributed by atoms with Crippen LogP contribution in [0.1, 0.15) is 32.6 Å². The molecule has 1 heterocycles. The van der Waals surface area contributed by atoms with Crippen molar-refractivity contribution in [2.45, 2.75) is 50.7 Å². The van der Waals surface area contributed by atoms with E-state index in [0.717, 1.165) is 0 Å². The highest BCUT2D eigenvalue weighted by Gasteiger charge is 2.37. The fourth-order valence-electron chi connectivity index (χ4n) is 3.56. The van der Waals surface area contributed by atoms with E-state index >= 15 is 0 Å². The first-order chi connectivity index (χ1) is 15.7. The fraction of sp³-hybridized carbons (Fsp3) is 0.545. The molecule has 1 aliphatic heterocycles. The molecule has 1 aromatic rings. The van der Waals surface area contributed by atoms with E-state index in [4.69, 9.17) is 0 Å². The van der Waals surface area contributed by atoms with Gasteiger partial charge in [0.05, 0.1) is 13.2 Å². The van der Waals surface area contributed by atoms with Crippen molar-refractivity contribution in [1.29, 1.82) is 0 Å². The number of nitrogens with one attached hydrogen (secondary N) is 4. The molecule has 1 fully saturated rings. The summed E-state index contributed by atoms with van der Waals surface area (Å²) in [6.45, 7) is 2.26.